The van der Waals surface area contributed by atoms with Crippen LogP contribution in [-0.4, -0.2) is 18.4 Å². The van der Waals surface area contributed by atoms with Gasteiger partial charge in [0.2, 0.25) is 11.8 Å². The molecule has 1 aliphatic carbocycles. The normalized spacial score (nSPS) is 15.1. The van der Waals surface area contributed by atoms with E-state index in [4.69, 9.17) is 5.26 Å². The van der Waals surface area contributed by atoms with E-state index in [1.54, 1.807) is 24.3 Å². The fourth-order valence-electron chi connectivity index (χ4n) is 2.07. The molecule has 0 radical (unpaired) electrons. The van der Waals surface area contributed by atoms with Crippen molar-refractivity contribution in [3.63, 3.8) is 0 Å². The number of nitrogens with one attached hydrogen (secondary N) is 2. The van der Waals surface area contributed by atoms with Crippen LogP contribution in [0.4, 0.5) is 5.69 Å². The summed E-state index contributed by atoms with van der Waals surface area (Å²) in [4.78, 5) is 24.5. The van der Waals surface area contributed by atoms with Gasteiger partial charge in [-0.2, -0.15) is 5.26 Å². The van der Waals surface area contributed by atoms with Gasteiger partial charge in [-0.3, -0.25) is 9.59 Å². The number of hydrogen-bond donors (Lipinski definition) is 2. The van der Waals surface area contributed by atoms with Gasteiger partial charge in [-0.1, -0.05) is 19.9 Å². The molecule has 0 aliphatic heterocycles. The molecule has 1 aromatic rings. The zero-order chi connectivity index (χ0) is 15.5. The molecule has 0 spiro atoms. The maximum absolute atomic E-state index is 12.3. The van der Waals surface area contributed by atoms with Crippen LogP contribution in [0.3, 0.4) is 0 Å². The van der Waals surface area contributed by atoms with Gasteiger partial charge in [0.05, 0.1) is 11.6 Å². The molecule has 0 saturated heterocycles. The first kappa shape index (κ1) is 15.0. The van der Waals surface area contributed by atoms with E-state index in [0.717, 1.165) is 0 Å². The van der Waals surface area contributed by atoms with E-state index in [1.165, 1.54) is 0 Å². The Balaban J connectivity index is 2.02. The number of nitriles is 1. The van der Waals surface area contributed by atoms with Crippen LogP contribution in [0.5, 0.6) is 0 Å². The van der Waals surface area contributed by atoms with Gasteiger partial charge in [0.25, 0.3) is 0 Å². The molecular formula is C16H19N3O2. The summed E-state index contributed by atoms with van der Waals surface area (Å²) in [6.07, 6.45) is 1.14. The molecular weight excluding hydrogens is 266 g/mol. The second-order valence-electron chi connectivity index (χ2n) is 5.83. The molecule has 21 heavy (non-hydrogen) atoms. The second kappa shape index (κ2) is 5.96. The van der Waals surface area contributed by atoms with Gasteiger partial charge >= 0.3 is 0 Å². The Kier molecular flexibility index (Phi) is 4.27. The van der Waals surface area contributed by atoms with Crippen molar-refractivity contribution in [2.24, 2.45) is 11.3 Å². The summed E-state index contributed by atoms with van der Waals surface area (Å²) in [5, 5.41) is 14.4. The fraction of sp³-hybridized carbons (Fsp3) is 0.438. The Hall–Kier alpha value is -2.35. The molecule has 1 aromatic carbocycles. The molecule has 1 saturated carbocycles. The molecule has 0 unspecified atom stereocenters. The third-order valence-electron chi connectivity index (χ3n) is 3.54. The quantitative estimate of drug-likeness (QED) is 0.812. The van der Waals surface area contributed by atoms with Gasteiger partial charge in [0.1, 0.15) is 5.41 Å². The number of amides is 2. The van der Waals surface area contributed by atoms with E-state index in [0.29, 0.717) is 36.6 Å². The number of benzene rings is 1. The van der Waals surface area contributed by atoms with Crippen molar-refractivity contribution in [1.82, 2.24) is 5.32 Å². The summed E-state index contributed by atoms with van der Waals surface area (Å²) < 4.78 is 0. The van der Waals surface area contributed by atoms with Crippen LogP contribution >= 0.6 is 0 Å². The molecule has 0 bridgehead atoms. The van der Waals surface area contributed by atoms with Gasteiger partial charge < -0.3 is 10.6 Å². The lowest BCUT2D eigenvalue weighted by Gasteiger charge is -2.16. The van der Waals surface area contributed by atoms with E-state index < -0.39 is 5.41 Å². The van der Waals surface area contributed by atoms with Crippen LogP contribution in [-0.2, 0) is 9.59 Å². The first-order valence-electron chi connectivity index (χ1n) is 7.08. The standard InChI is InChI=1S/C16H19N3O2/c1-11(2)10-18-14(20)16(6-7-16)15(21)19-13-5-3-4-12(8-13)9-17/h3-5,8,11H,6-7,10H2,1-2H3,(H,18,20)(H,19,21). The average molecular weight is 285 g/mol. The summed E-state index contributed by atoms with van der Waals surface area (Å²) in [5.41, 5.74) is 0.0845. The summed E-state index contributed by atoms with van der Waals surface area (Å²) in [6.45, 7) is 4.58. The molecule has 2 amide bonds. The van der Waals surface area contributed by atoms with E-state index in [-0.39, 0.29) is 11.8 Å². The van der Waals surface area contributed by atoms with Crippen LogP contribution in [0.2, 0.25) is 0 Å². The van der Waals surface area contributed by atoms with Crippen molar-refractivity contribution >= 4 is 17.5 Å². The highest BCUT2D eigenvalue weighted by molar-refractivity contribution is 6.13. The number of nitrogens with zero attached hydrogens (tertiary/aromatic N) is 1. The zero-order valence-electron chi connectivity index (χ0n) is 12.3. The van der Waals surface area contributed by atoms with Gasteiger partial charge in [0, 0.05) is 12.2 Å². The lowest BCUT2D eigenvalue weighted by molar-refractivity contribution is -0.134. The number of anilines is 1. The highest BCUT2D eigenvalue weighted by Crippen LogP contribution is 2.46. The number of carbonyl (C=O) groups excluding carboxylic acids is 2. The van der Waals surface area contributed by atoms with Gasteiger partial charge in [0.15, 0.2) is 0 Å². The first-order valence-corrected chi connectivity index (χ1v) is 7.08. The summed E-state index contributed by atoms with van der Waals surface area (Å²) >= 11 is 0. The predicted octanol–water partition coefficient (Wildman–Crippen LogP) is 2.05. The number of hydrogen-bond acceptors (Lipinski definition) is 3. The minimum atomic E-state index is -0.933. The number of carbonyl (C=O) groups is 2. The smallest absolute Gasteiger partial charge is 0.240 e. The lowest BCUT2D eigenvalue weighted by Crippen LogP contribution is -2.41. The molecule has 2 N–H and O–H groups in total. The number of rotatable bonds is 5. The molecule has 5 nitrogen and oxygen atoms in total. The lowest BCUT2D eigenvalue weighted by atomic mass is 10.0. The molecule has 0 heterocycles. The molecule has 0 aromatic heterocycles. The van der Waals surface area contributed by atoms with Gasteiger partial charge in [-0.15, -0.1) is 0 Å². The molecule has 5 heteroatoms. The topological polar surface area (TPSA) is 82.0 Å². The Morgan fingerprint density at radius 2 is 2.05 bits per heavy atom. The van der Waals surface area contributed by atoms with Crippen LogP contribution in [0.1, 0.15) is 32.3 Å². The largest absolute Gasteiger partial charge is 0.355 e. The molecule has 1 fully saturated rings. The maximum atomic E-state index is 12.3. The average Bonchev–Trinajstić information content (AvgIpc) is 3.26. The van der Waals surface area contributed by atoms with Gasteiger partial charge in [-0.05, 0) is 37.0 Å². The fourth-order valence-corrected chi connectivity index (χ4v) is 2.07. The molecule has 110 valence electrons. The molecule has 1 aliphatic rings. The zero-order valence-corrected chi connectivity index (χ0v) is 12.3. The highest BCUT2D eigenvalue weighted by Gasteiger charge is 2.56. The van der Waals surface area contributed by atoms with E-state index in [1.807, 2.05) is 19.9 Å². The Labute approximate surface area is 124 Å². The van der Waals surface area contributed by atoms with Crippen molar-refractivity contribution < 1.29 is 9.59 Å². The SMILES string of the molecule is CC(C)CNC(=O)C1(C(=O)Nc2cccc(C#N)c2)CC1. The summed E-state index contributed by atoms with van der Waals surface area (Å²) in [7, 11) is 0. The Morgan fingerprint density at radius 1 is 1.33 bits per heavy atom. The molecule has 2 rings (SSSR count). The van der Waals surface area contributed by atoms with Crippen LogP contribution in [0.15, 0.2) is 24.3 Å². The van der Waals surface area contributed by atoms with Crippen molar-refractivity contribution in [3.05, 3.63) is 29.8 Å². The highest BCUT2D eigenvalue weighted by atomic mass is 16.2. The van der Waals surface area contributed by atoms with Gasteiger partial charge in [-0.25, -0.2) is 0 Å². The molecule has 0 atom stereocenters. The third kappa shape index (κ3) is 3.40. The van der Waals surface area contributed by atoms with Crippen molar-refractivity contribution in [1.29, 1.82) is 5.26 Å². The van der Waals surface area contributed by atoms with Crippen molar-refractivity contribution in [3.8, 4) is 6.07 Å². The second-order valence-corrected chi connectivity index (χ2v) is 5.83. The van der Waals surface area contributed by atoms with Crippen molar-refractivity contribution in [2.45, 2.75) is 26.7 Å². The first-order chi connectivity index (χ1) is 9.98. The predicted molar refractivity (Wildman–Crippen MR) is 79.3 cm³/mol. The Morgan fingerprint density at radius 3 is 2.62 bits per heavy atom. The maximum Gasteiger partial charge on any atom is 0.240 e. The monoisotopic (exact) mass is 285 g/mol. The van der Waals surface area contributed by atoms with Crippen LogP contribution in [0, 0.1) is 22.7 Å². The van der Waals surface area contributed by atoms with Crippen LogP contribution < -0.4 is 10.6 Å². The Bertz CT molecular complexity index is 598. The summed E-state index contributed by atoms with van der Waals surface area (Å²) in [6, 6.07) is 8.69. The van der Waals surface area contributed by atoms with Crippen molar-refractivity contribution in [2.75, 3.05) is 11.9 Å². The minimum absolute atomic E-state index is 0.204. The van der Waals surface area contributed by atoms with E-state index in [9.17, 15) is 9.59 Å². The van der Waals surface area contributed by atoms with E-state index in [2.05, 4.69) is 10.6 Å². The summed E-state index contributed by atoms with van der Waals surface area (Å²) in [5.74, 6) is -0.149. The van der Waals surface area contributed by atoms with Crippen LogP contribution in [0.25, 0.3) is 0 Å². The minimum Gasteiger partial charge on any atom is -0.355 e. The van der Waals surface area contributed by atoms with E-state index >= 15 is 0 Å². The third-order valence-corrected chi connectivity index (χ3v) is 3.54.